The van der Waals surface area contributed by atoms with Crippen molar-refractivity contribution in [2.45, 2.75) is 26.6 Å². The van der Waals surface area contributed by atoms with E-state index in [9.17, 15) is 9.59 Å². The maximum atomic E-state index is 15.5. The molecular formula is C25H23FN8O2. The minimum absolute atomic E-state index is 0.151. The molecule has 2 N–H and O–H groups in total. The van der Waals surface area contributed by atoms with Crippen LogP contribution in [0.1, 0.15) is 33.0 Å². The predicted molar refractivity (Wildman–Crippen MR) is 131 cm³/mol. The number of nitrogens with one attached hydrogen (secondary N) is 2. The van der Waals surface area contributed by atoms with Gasteiger partial charge >= 0.3 is 0 Å². The number of amides is 1. The Hall–Kier alpha value is -4.38. The number of halogens is 1. The monoisotopic (exact) mass is 486 g/mol. The van der Waals surface area contributed by atoms with Gasteiger partial charge in [0.25, 0.3) is 11.5 Å². The molecule has 0 saturated carbocycles. The number of imidazole rings is 1. The summed E-state index contributed by atoms with van der Waals surface area (Å²) >= 11 is 0. The normalized spacial score (nSPS) is 13.6. The highest BCUT2D eigenvalue weighted by atomic mass is 19.1. The molecule has 0 radical (unpaired) electrons. The lowest BCUT2D eigenvalue weighted by atomic mass is 10.1. The Bertz CT molecular complexity index is 1730. The molecule has 1 aromatic carbocycles. The van der Waals surface area contributed by atoms with Crippen molar-refractivity contribution in [3.05, 3.63) is 81.0 Å². The lowest BCUT2D eigenvalue weighted by molar-refractivity contribution is 0.0958. The Morgan fingerprint density at radius 2 is 2.03 bits per heavy atom. The largest absolute Gasteiger partial charge is 0.354 e. The number of H-pyrrole nitrogens is 1. The maximum absolute atomic E-state index is 15.5. The zero-order valence-corrected chi connectivity index (χ0v) is 20.0. The van der Waals surface area contributed by atoms with Gasteiger partial charge in [-0.25, -0.2) is 13.9 Å². The number of aryl methyl sites for hydroxylation is 1. The molecule has 1 aliphatic rings. The average Bonchev–Trinajstić information content (AvgIpc) is 3.55. The number of benzene rings is 1. The number of rotatable bonds is 4. The summed E-state index contributed by atoms with van der Waals surface area (Å²) in [5, 5.41) is 6.80. The molecule has 10 nitrogen and oxygen atoms in total. The van der Waals surface area contributed by atoms with E-state index in [1.165, 1.54) is 4.52 Å². The second-order valence-electron chi connectivity index (χ2n) is 9.02. The van der Waals surface area contributed by atoms with E-state index >= 15 is 4.39 Å². The van der Waals surface area contributed by atoms with E-state index in [1.54, 1.807) is 44.6 Å². The van der Waals surface area contributed by atoms with Gasteiger partial charge in [-0.2, -0.15) is 5.10 Å². The van der Waals surface area contributed by atoms with Gasteiger partial charge in [0.15, 0.2) is 5.82 Å². The van der Waals surface area contributed by atoms with Crippen LogP contribution in [0.3, 0.4) is 0 Å². The van der Waals surface area contributed by atoms with Gasteiger partial charge in [-0.05, 0) is 25.1 Å². The molecule has 4 aromatic heterocycles. The fourth-order valence-corrected chi connectivity index (χ4v) is 4.88. The summed E-state index contributed by atoms with van der Waals surface area (Å²) in [6, 6.07) is 7.04. The van der Waals surface area contributed by atoms with E-state index in [0.29, 0.717) is 41.9 Å². The van der Waals surface area contributed by atoms with Gasteiger partial charge in [-0.1, -0.05) is 6.07 Å². The molecule has 11 heteroatoms. The van der Waals surface area contributed by atoms with Gasteiger partial charge in [0.1, 0.15) is 22.6 Å². The van der Waals surface area contributed by atoms with Crippen LogP contribution >= 0.6 is 0 Å². The first kappa shape index (κ1) is 22.1. The standard InChI is InChI=1S/C25H23FN8O2/c1-13-8-29-34-18-7-5-15(20(26)21(18)31-25(36)22(13)34)10-33-11-17-19(12-33)32(3)23(30-17)14-4-6-16(28-9-14)24(35)27-2/h4-9H,10-12H2,1-3H3,(H,27,35)(H,31,36). The van der Waals surface area contributed by atoms with Crippen molar-refractivity contribution in [1.82, 2.24) is 39.3 Å². The molecule has 0 fully saturated rings. The third-order valence-corrected chi connectivity index (χ3v) is 6.75. The third-order valence-electron chi connectivity index (χ3n) is 6.75. The fraction of sp³-hybridized carbons (Fsp3) is 0.240. The van der Waals surface area contributed by atoms with Gasteiger partial charge in [0.2, 0.25) is 0 Å². The van der Waals surface area contributed by atoms with Crippen molar-refractivity contribution in [3.8, 4) is 11.4 Å². The van der Waals surface area contributed by atoms with Gasteiger partial charge in [0.05, 0.1) is 23.1 Å². The number of carbonyl (C=O) groups is 1. The first-order valence-corrected chi connectivity index (χ1v) is 11.5. The summed E-state index contributed by atoms with van der Waals surface area (Å²) in [6.45, 7) is 3.34. The molecule has 0 atom stereocenters. The SMILES string of the molecule is CNC(=O)c1ccc(-c2nc3c(n2C)CN(Cc2ccc4c([nH]c(=O)c5c(C)cnn54)c2F)C3)cn1. The van der Waals surface area contributed by atoms with Crippen molar-refractivity contribution in [3.63, 3.8) is 0 Å². The number of nitrogens with zero attached hydrogens (tertiary/aromatic N) is 6. The Labute approximate surface area is 204 Å². The van der Waals surface area contributed by atoms with Crippen LogP contribution in [0.4, 0.5) is 4.39 Å². The number of aromatic amines is 1. The number of aromatic nitrogens is 6. The summed E-state index contributed by atoms with van der Waals surface area (Å²) in [7, 11) is 3.51. The first-order chi connectivity index (χ1) is 17.4. The lowest BCUT2D eigenvalue weighted by Crippen LogP contribution is -2.19. The molecule has 0 bridgehead atoms. The number of hydrogen-bond donors (Lipinski definition) is 2. The van der Waals surface area contributed by atoms with Crippen molar-refractivity contribution in [1.29, 1.82) is 0 Å². The average molecular weight is 487 g/mol. The molecule has 1 amide bonds. The van der Waals surface area contributed by atoms with Crippen LogP contribution in [0.2, 0.25) is 0 Å². The lowest BCUT2D eigenvalue weighted by Gasteiger charge is -2.17. The van der Waals surface area contributed by atoms with Crippen LogP contribution in [0.25, 0.3) is 27.9 Å². The molecule has 5 aromatic rings. The van der Waals surface area contributed by atoms with Crippen molar-refractivity contribution < 1.29 is 9.18 Å². The summed E-state index contributed by atoms with van der Waals surface area (Å²) in [5.74, 6) is 0.0730. The van der Waals surface area contributed by atoms with Crippen molar-refractivity contribution in [2.75, 3.05) is 7.05 Å². The van der Waals surface area contributed by atoms with Gasteiger partial charge in [0, 0.05) is 56.6 Å². The van der Waals surface area contributed by atoms with E-state index < -0.39 is 5.82 Å². The molecular weight excluding hydrogens is 463 g/mol. The smallest absolute Gasteiger partial charge is 0.274 e. The number of carbonyl (C=O) groups excluding carboxylic acids is 1. The Kier molecular flexibility index (Phi) is 4.97. The molecule has 0 aliphatic carbocycles. The summed E-state index contributed by atoms with van der Waals surface area (Å²) in [5.41, 5.74) is 5.08. The van der Waals surface area contributed by atoms with Gasteiger partial charge in [-0.3, -0.25) is 19.5 Å². The third kappa shape index (κ3) is 3.31. The number of pyridine rings is 1. The van der Waals surface area contributed by atoms with Crippen LogP contribution in [-0.2, 0) is 26.7 Å². The number of hydrogen-bond acceptors (Lipinski definition) is 6. The summed E-state index contributed by atoms with van der Waals surface area (Å²) < 4.78 is 19.0. The Morgan fingerprint density at radius 3 is 2.75 bits per heavy atom. The Balaban J connectivity index is 1.26. The summed E-state index contributed by atoms with van der Waals surface area (Å²) in [6.07, 6.45) is 3.24. The van der Waals surface area contributed by atoms with E-state index in [0.717, 1.165) is 28.3 Å². The Morgan fingerprint density at radius 1 is 1.19 bits per heavy atom. The van der Waals surface area contributed by atoms with Crippen LogP contribution in [0, 0.1) is 12.7 Å². The van der Waals surface area contributed by atoms with Crippen LogP contribution < -0.4 is 10.9 Å². The van der Waals surface area contributed by atoms with Crippen LogP contribution in [-0.4, -0.2) is 47.0 Å². The molecule has 5 heterocycles. The van der Waals surface area contributed by atoms with E-state index in [-0.39, 0.29) is 17.0 Å². The molecule has 182 valence electrons. The summed E-state index contributed by atoms with van der Waals surface area (Å²) in [4.78, 5) is 38.1. The highest BCUT2D eigenvalue weighted by Crippen LogP contribution is 2.30. The minimum atomic E-state index is -0.452. The van der Waals surface area contributed by atoms with E-state index in [1.807, 2.05) is 17.7 Å². The van der Waals surface area contributed by atoms with E-state index in [4.69, 9.17) is 4.98 Å². The maximum Gasteiger partial charge on any atom is 0.274 e. The quantitative estimate of drug-likeness (QED) is 0.403. The minimum Gasteiger partial charge on any atom is -0.354 e. The fourth-order valence-electron chi connectivity index (χ4n) is 4.88. The zero-order chi connectivity index (χ0) is 25.1. The molecule has 0 saturated heterocycles. The molecule has 0 unspecified atom stereocenters. The topological polar surface area (TPSA) is 113 Å². The van der Waals surface area contributed by atoms with Crippen molar-refractivity contribution in [2.24, 2.45) is 7.05 Å². The molecule has 36 heavy (non-hydrogen) atoms. The zero-order valence-electron chi connectivity index (χ0n) is 20.0. The molecule has 0 spiro atoms. The second-order valence-corrected chi connectivity index (χ2v) is 9.02. The first-order valence-electron chi connectivity index (χ1n) is 11.5. The highest BCUT2D eigenvalue weighted by Gasteiger charge is 2.27. The second kappa shape index (κ2) is 8.09. The number of fused-ring (bicyclic) bond motifs is 4. The predicted octanol–water partition coefficient (Wildman–Crippen LogP) is 2.29. The highest BCUT2D eigenvalue weighted by molar-refractivity contribution is 5.92. The van der Waals surface area contributed by atoms with Gasteiger partial charge < -0.3 is 14.9 Å². The van der Waals surface area contributed by atoms with Crippen molar-refractivity contribution >= 4 is 22.5 Å². The van der Waals surface area contributed by atoms with Crippen LogP contribution in [0.15, 0.2) is 41.5 Å². The molecule has 1 aliphatic heterocycles. The van der Waals surface area contributed by atoms with Crippen LogP contribution in [0.5, 0.6) is 0 Å². The van der Waals surface area contributed by atoms with E-state index in [2.05, 4.69) is 25.3 Å². The van der Waals surface area contributed by atoms with Gasteiger partial charge in [-0.15, -0.1) is 0 Å². The molecule has 6 rings (SSSR count).